The van der Waals surface area contributed by atoms with Gasteiger partial charge in [-0.25, -0.2) is 0 Å². The highest BCUT2D eigenvalue weighted by atomic mass is 16.6. The lowest BCUT2D eigenvalue weighted by molar-refractivity contribution is -0.385. The van der Waals surface area contributed by atoms with Crippen LogP contribution in [0, 0.1) is 30.3 Å². The molecule has 4 aromatic rings. The predicted octanol–water partition coefficient (Wildman–Crippen LogP) is 9.46. The highest BCUT2D eigenvalue weighted by Crippen LogP contribution is 2.43. The molecule has 1 N–H and O–H groups in total. The molecule has 0 atom stereocenters. The number of phenols is 1. The van der Waals surface area contributed by atoms with Crippen molar-refractivity contribution < 1.29 is 34.1 Å². The summed E-state index contributed by atoms with van der Waals surface area (Å²) in [6.07, 6.45) is 1.95. The van der Waals surface area contributed by atoms with E-state index < -0.39 is 14.8 Å². The topological polar surface area (TPSA) is 177 Å². The summed E-state index contributed by atoms with van der Waals surface area (Å²) in [7, 11) is 0. The lowest BCUT2D eigenvalue weighted by Crippen LogP contribution is -2.14. The van der Waals surface area contributed by atoms with Crippen molar-refractivity contribution >= 4 is 17.1 Å². The summed E-state index contributed by atoms with van der Waals surface area (Å²) in [6.45, 7) is 12.8. The first-order chi connectivity index (χ1) is 25.6. The summed E-state index contributed by atoms with van der Waals surface area (Å²) in [5.74, 6) is 1.08. The molecule has 0 aromatic heterocycles. The molecule has 1 aliphatic rings. The SMILES string of the molecule is CCCOc1c2cc([N+](=O)[O-])cc1Cc1cc([N+](=O)[O-])cc(c1OCCC)Cc1cc([N+](=O)[O-])cc(c1OCCC)Cc1cc(C(C)(C)C)cc(c1O)C2. The molecular weight excluding hydrogens is 694 g/mol. The van der Waals surface area contributed by atoms with E-state index in [1.165, 1.54) is 36.4 Å². The van der Waals surface area contributed by atoms with Crippen LogP contribution in [0.1, 0.15) is 111 Å². The van der Waals surface area contributed by atoms with Crippen molar-refractivity contribution in [1.29, 1.82) is 0 Å². The summed E-state index contributed by atoms with van der Waals surface area (Å²) in [5, 5.41) is 49.2. The molecule has 13 nitrogen and oxygen atoms in total. The van der Waals surface area contributed by atoms with Gasteiger partial charge in [-0.3, -0.25) is 30.3 Å². The van der Waals surface area contributed by atoms with Crippen molar-refractivity contribution in [2.24, 2.45) is 0 Å². The van der Waals surface area contributed by atoms with E-state index in [1.807, 2.05) is 53.7 Å². The molecule has 0 fully saturated rings. The minimum atomic E-state index is -0.516. The molecule has 286 valence electrons. The molecule has 0 aliphatic heterocycles. The minimum absolute atomic E-state index is 0.0277. The van der Waals surface area contributed by atoms with Crippen LogP contribution in [0.25, 0.3) is 0 Å². The number of hydrogen-bond donors (Lipinski definition) is 1. The van der Waals surface area contributed by atoms with Gasteiger partial charge in [0.05, 0.1) is 34.6 Å². The second-order valence-corrected chi connectivity index (χ2v) is 14.7. The van der Waals surface area contributed by atoms with Crippen LogP contribution >= 0.6 is 0 Å². The lowest BCUT2D eigenvalue weighted by Gasteiger charge is -2.24. The van der Waals surface area contributed by atoms with Crippen molar-refractivity contribution in [2.75, 3.05) is 19.8 Å². The molecule has 0 heterocycles. The third-order valence-corrected chi connectivity index (χ3v) is 9.32. The highest BCUT2D eigenvalue weighted by molar-refractivity contribution is 5.62. The molecule has 1 aliphatic carbocycles. The van der Waals surface area contributed by atoms with Crippen LogP contribution in [0.3, 0.4) is 0 Å². The van der Waals surface area contributed by atoms with Gasteiger partial charge in [0.2, 0.25) is 0 Å². The normalized spacial score (nSPS) is 12.6. The van der Waals surface area contributed by atoms with Gasteiger partial charge in [-0.15, -0.1) is 0 Å². The van der Waals surface area contributed by atoms with Gasteiger partial charge in [-0.1, -0.05) is 53.7 Å². The van der Waals surface area contributed by atoms with Gasteiger partial charge in [-0.2, -0.15) is 0 Å². The van der Waals surface area contributed by atoms with E-state index in [1.54, 1.807) is 0 Å². The molecule has 0 saturated heterocycles. The van der Waals surface area contributed by atoms with Gasteiger partial charge in [0.25, 0.3) is 17.1 Å². The zero-order valence-corrected chi connectivity index (χ0v) is 31.7. The average Bonchev–Trinajstić information content (AvgIpc) is 3.10. The van der Waals surface area contributed by atoms with Crippen molar-refractivity contribution in [3.05, 3.63) is 129 Å². The van der Waals surface area contributed by atoms with E-state index in [-0.39, 0.29) is 60.5 Å². The Morgan fingerprint density at radius 2 is 0.778 bits per heavy atom. The number of non-ortho nitro benzene ring substituents is 3. The Morgan fingerprint density at radius 3 is 1.00 bits per heavy atom. The molecule has 0 amide bonds. The summed E-state index contributed by atoms with van der Waals surface area (Å²) >= 11 is 0. The van der Waals surface area contributed by atoms with E-state index >= 15 is 0 Å². The van der Waals surface area contributed by atoms with Gasteiger partial charge < -0.3 is 19.3 Å². The zero-order valence-electron chi connectivity index (χ0n) is 31.7. The van der Waals surface area contributed by atoms with Crippen LogP contribution < -0.4 is 14.2 Å². The van der Waals surface area contributed by atoms with Crippen molar-refractivity contribution in [1.82, 2.24) is 0 Å². The monoisotopic (exact) mass is 741 g/mol. The van der Waals surface area contributed by atoms with Crippen LogP contribution in [0.4, 0.5) is 17.1 Å². The second kappa shape index (κ2) is 16.5. The third-order valence-electron chi connectivity index (χ3n) is 9.32. The quantitative estimate of drug-likeness (QED) is 0.0957. The number of nitro groups is 3. The molecule has 0 unspecified atom stereocenters. The Bertz CT molecular complexity index is 1960. The number of ether oxygens (including phenoxy) is 3. The standard InChI is InChI=1S/C41H47N3O10/c1-7-10-52-38-27-13-25-17-33(41(4,5)6)18-26(37(25)45)14-28-20-35(43(48)49)22-30(39(28)53-11-8-2)16-32-24-36(44(50)51)23-31(40(32)54-12-9-3)15-29(38)21-34(19-27)42(46)47/h17-24,45H,7-16H2,1-6H3. The molecular formula is C41H47N3O10. The summed E-state index contributed by atoms with van der Waals surface area (Å²) in [4.78, 5) is 35.7. The van der Waals surface area contributed by atoms with Gasteiger partial charge in [0.1, 0.15) is 23.0 Å². The minimum Gasteiger partial charge on any atom is -0.507 e. The number of nitrogens with zero attached hydrogens (tertiary/aromatic N) is 3. The maximum atomic E-state index is 12.4. The van der Waals surface area contributed by atoms with Gasteiger partial charge in [-0.05, 0) is 41.4 Å². The van der Waals surface area contributed by atoms with Gasteiger partial charge in [0.15, 0.2) is 0 Å². The Kier molecular flexibility index (Phi) is 12.1. The number of phenolic OH excluding ortho intramolecular Hbond substituents is 1. The zero-order chi connectivity index (χ0) is 39.3. The van der Waals surface area contributed by atoms with Gasteiger partial charge in [0, 0.05) is 95.5 Å². The molecule has 0 saturated carbocycles. The fourth-order valence-electron chi connectivity index (χ4n) is 6.76. The number of nitro benzene ring substituents is 3. The number of fused-ring (bicyclic) bond motifs is 8. The maximum Gasteiger partial charge on any atom is 0.270 e. The molecule has 0 spiro atoms. The van der Waals surface area contributed by atoms with Crippen molar-refractivity contribution in [2.45, 2.75) is 91.9 Å². The van der Waals surface area contributed by atoms with Crippen molar-refractivity contribution in [3.63, 3.8) is 0 Å². The van der Waals surface area contributed by atoms with E-state index in [9.17, 15) is 35.4 Å². The van der Waals surface area contributed by atoms with Crippen LogP contribution in [0.5, 0.6) is 23.0 Å². The first-order valence-corrected chi connectivity index (χ1v) is 18.3. The molecule has 54 heavy (non-hydrogen) atoms. The summed E-state index contributed by atoms with van der Waals surface area (Å²) in [6, 6.07) is 12.3. The van der Waals surface area contributed by atoms with Crippen LogP contribution in [0.2, 0.25) is 0 Å². The molecule has 13 heteroatoms. The maximum absolute atomic E-state index is 12.4. The third kappa shape index (κ3) is 8.73. The summed E-state index contributed by atoms with van der Waals surface area (Å²) in [5.41, 5.74) is 3.41. The van der Waals surface area contributed by atoms with Crippen LogP contribution in [-0.4, -0.2) is 39.7 Å². The second-order valence-electron chi connectivity index (χ2n) is 14.7. The highest BCUT2D eigenvalue weighted by Gasteiger charge is 2.28. The van der Waals surface area contributed by atoms with E-state index in [2.05, 4.69) is 0 Å². The van der Waals surface area contributed by atoms with Crippen LogP contribution in [0.15, 0.2) is 48.5 Å². The van der Waals surface area contributed by atoms with E-state index in [0.29, 0.717) is 94.2 Å². The molecule has 5 rings (SSSR count). The Balaban J connectivity index is 1.95. The predicted molar refractivity (Wildman–Crippen MR) is 205 cm³/mol. The number of aromatic hydroxyl groups is 1. The number of benzene rings is 4. The molecule has 4 aromatic carbocycles. The number of hydrogen-bond acceptors (Lipinski definition) is 10. The Hall–Kier alpha value is -5.72. The molecule has 0 radical (unpaired) electrons. The fraction of sp³-hybridized carbons (Fsp3) is 0.415. The smallest absolute Gasteiger partial charge is 0.270 e. The summed E-state index contributed by atoms with van der Waals surface area (Å²) < 4.78 is 19.0. The van der Waals surface area contributed by atoms with E-state index in [4.69, 9.17) is 14.2 Å². The van der Waals surface area contributed by atoms with E-state index in [0.717, 1.165) is 5.56 Å². The Morgan fingerprint density at radius 1 is 0.519 bits per heavy atom. The molecule has 8 bridgehead atoms. The Labute approximate surface area is 314 Å². The number of rotatable bonds is 12. The van der Waals surface area contributed by atoms with Gasteiger partial charge >= 0.3 is 0 Å². The average molecular weight is 742 g/mol. The van der Waals surface area contributed by atoms with Crippen LogP contribution in [-0.2, 0) is 31.1 Å². The largest absolute Gasteiger partial charge is 0.507 e. The first kappa shape index (κ1) is 39.5. The lowest BCUT2D eigenvalue weighted by atomic mass is 9.82. The fourth-order valence-corrected chi connectivity index (χ4v) is 6.76. The van der Waals surface area contributed by atoms with Crippen molar-refractivity contribution in [3.8, 4) is 23.0 Å². The first-order valence-electron chi connectivity index (χ1n) is 18.3.